The lowest BCUT2D eigenvalue weighted by Crippen LogP contribution is -2.17. The highest BCUT2D eigenvalue weighted by Crippen LogP contribution is 2.28. The van der Waals surface area contributed by atoms with Gasteiger partial charge in [-0.25, -0.2) is 9.37 Å². The first-order chi connectivity index (χ1) is 11.2. The van der Waals surface area contributed by atoms with E-state index in [4.69, 9.17) is 0 Å². The van der Waals surface area contributed by atoms with Crippen LogP contribution in [0.5, 0.6) is 0 Å². The molecule has 5 heteroatoms. The van der Waals surface area contributed by atoms with E-state index in [1.807, 2.05) is 17.5 Å². The van der Waals surface area contributed by atoms with Crippen molar-refractivity contribution in [2.45, 2.75) is 38.6 Å². The molecule has 2 aromatic heterocycles. The highest BCUT2D eigenvalue weighted by atomic mass is 19.1. The van der Waals surface area contributed by atoms with E-state index in [0.29, 0.717) is 6.04 Å². The van der Waals surface area contributed by atoms with E-state index in [1.165, 1.54) is 37.8 Å². The molecule has 1 N–H and O–H groups in total. The Morgan fingerprint density at radius 2 is 1.91 bits per heavy atom. The van der Waals surface area contributed by atoms with Crippen LogP contribution in [0.15, 0.2) is 36.5 Å². The summed E-state index contributed by atoms with van der Waals surface area (Å²) in [6.07, 6.45) is 6.77. The first-order valence-corrected chi connectivity index (χ1v) is 8.08. The molecular weight excluding hydrogens is 291 g/mol. The number of hydrogen-bond donors (Lipinski definition) is 1. The van der Waals surface area contributed by atoms with Crippen molar-refractivity contribution in [3.05, 3.63) is 48.0 Å². The number of fused-ring (bicyclic) bond motifs is 1. The molecule has 1 aliphatic carbocycles. The highest BCUT2D eigenvalue weighted by Gasteiger charge is 2.18. The van der Waals surface area contributed by atoms with Gasteiger partial charge in [-0.05, 0) is 37.5 Å². The van der Waals surface area contributed by atoms with Gasteiger partial charge in [0.15, 0.2) is 5.65 Å². The number of hydrogen-bond acceptors (Lipinski definition) is 3. The summed E-state index contributed by atoms with van der Waals surface area (Å²) in [7, 11) is 0. The first-order valence-electron chi connectivity index (χ1n) is 8.08. The molecule has 4 rings (SSSR count). The van der Waals surface area contributed by atoms with Gasteiger partial charge in [0.25, 0.3) is 0 Å². The third-order valence-electron chi connectivity index (χ3n) is 4.46. The number of halogens is 1. The molecular formula is C18H19FN4. The van der Waals surface area contributed by atoms with Gasteiger partial charge in [0.2, 0.25) is 0 Å². The van der Waals surface area contributed by atoms with Crippen LogP contribution >= 0.6 is 0 Å². The number of rotatable bonds is 3. The van der Waals surface area contributed by atoms with Crippen LogP contribution in [0.1, 0.15) is 31.4 Å². The van der Waals surface area contributed by atoms with E-state index in [1.54, 1.807) is 18.3 Å². The smallest absolute Gasteiger partial charge is 0.165 e. The summed E-state index contributed by atoms with van der Waals surface area (Å²) in [5, 5.41) is 8.10. The minimum atomic E-state index is -0.238. The fraction of sp³-hybridized carbons (Fsp3) is 0.333. The summed E-state index contributed by atoms with van der Waals surface area (Å²) < 4.78 is 15.0. The van der Waals surface area contributed by atoms with Crippen molar-refractivity contribution in [1.82, 2.24) is 14.6 Å². The van der Waals surface area contributed by atoms with E-state index in [0.717, 1.165) is 28.3 Å². The molecule has 0 spiro atoms. The van der Waals surface area contributed by atoms with Gasteiger partial charge in [-0.1, -0.05) is 25.0 Å². The van der Waals surface area contributed by atoms with Gasteiger partial charge in [-0.3, -0.25) is 0 Å². The second-order valence-electron chi connectivity index (χ2n) is 6.21. The number of anilines is 1. The maximum absolute atomic E-state index is 13.2. The van der Waals surface area contributed by atoms with Crippen LogP contribution in [0, 0.1) is 12.7 Å². The number of nitrogens with zero attached hydrogens (tertiary/aromatic N) is 3. The van der Waals surface area contributed by atoms with Crippen molar-refractivity contribution < 1.29 is 4.39 Å². The molecule has 0 saturated heterocycles. The summed E-state index contributed by atoms with van der Waals surface area (Å²) in [6.45, 7) is 1.99. The normalized spacial score (nSPS) is 15.4. The van der Waals surface area contributed by atoms with Crippen LogP contribution < -0.4 is 5.32 Å². The van der Waals surface area contributed by atoms with Crippen LogP contribution in [0.25, 0.3) is 16.8 Å². The Hall–Kier alpha value is -2.43. The predicted molar refractivity (Wildman–Crippen MR) is 89.0 cm³/mol. The maximum atomic E-state index is 13.2. The number of nitrogens with one attached hydrogen (secondary N) is 1. The molecule has 1 saturated carbocycles. The summed E-state index contributed by atoms with van der Waals surface area (Å²) >= 11 is 0. The third kappa shape index (κ3) is 2.67. The Balaban J connectivity index is 1.79. The molecule has 2 heterocycles. The molecule has 23 heavy (non-hydrogen) atoms. The molecule has 0 radical (unpaired) electrons. The van der Waals surface area contributed by atoms with E-state index in [-0.39, 0.29) is 5.82 Å². The molecule has 3 aromatic rings. The monoisotopic (exact) mass is 310 g/mol. The average Bonchev–Trinajstić information content (AvgIpc) is 3.17. The highest BCUT2D eigenvalue weighted by molar-refractivity contribution is 5.78. The lowest BCUT2D eigenvalue weighted by molar-refractivity contribution is 0.628. The average molecular weight is 310 g/mol. The topological polar surface area (TPSA) is 42.2 Å². The van der Waals surface area contributed by atoms with Gasteiger partial charge in [0.05, 0.1) is 6.20 Å². The van der Waals surface area contributed by atoms with Crippen molar-refractivity contribution in [1.29, 1.82) is 0 Å². The zero-order valence-electron chi connectivity index (χ0n) is 13.1. The summed E-state index contributed by atoms with van der Waals surface area (Å²) in [5.74, 6) is 0.741. The van der Waals surface area contributed by atoms with E-state index in [2.05, 4.69) is 15.4 Å². The quantitative estimate of drug-likeness (QED) is 0.788. The first kappa shape index (κ1) is 14.2. The van der Waals surface area contributed by atoms with Crippen LogP contribution in [0.4, 0.5) is 10.2 Å². The van der Waals surface area contributed by atoms with Crippen molar-refractivity contribution >= 4 is 11.5 Å². The Kier molecular flexibility index (Phi) is 3.48. The Morgan fingerprint density at radius 1 is 1.17 bits per heavy atom. The van der Waals surface area contributed by atoms with Crippen molar-refractivity contribution in [3.8, 4) is 11.1 Å². The lowest BCUT2D eigenvalue weighted by Gasteiger charge is -2.15. The van der Waals surface area contributed by atoms with Crippen molar-refractivity contribution in [3.63, 3.8) is 0 Å². The molecule has 0 amide bonds. The lowest BCUT2D eigenvalue weighted by atomic mass is 10.1. The molecule has 0 aliphatic heterocycles. The second kappa shape index (κ2) is 5.65. The SMILES string of the molecule is Cc1cc(NC2CCCC2)n2ncc(-c3ccc(F)cc3)c2n1. The number of benzene rings is 1. The minimum absolute atomic E-state index is 0.238. The fourth-order valence-corrected chi connectivity index (χ4v) is 3.30. The summed E-state index contributed by atoms with van der Waals surface area (Å²) in [4.78, 5) is 4.64. The number of aromatic nitrogens is 3. The van der Waals surface area contributed by atoms with E-state index < -0.39 is 0 Å². The Labute approximate surface area is 134 Å². The Morgan fingerprint density at radius 3 is 2.65 bits per heavy atom. The number of aryl methyl sites for hydroxylation is 1. The third-order valence-corrected chi connectivity index (χ3v) is 4.46. The molecule has 1 aliphatic rings. The van der Waals surface area contributed by atoms with Crippen molar-refractivity contribution in [2.24, 2.45) is 0 Å². The predicted octanol–water partition coefficient (Wildman–Crippen LogP) is 4.20. The molecule has 0 unspecified atom stereocenters. The standard InChI is InChI=1S/C18H19FN4/c1-12-10-17(22-15-4-2-3-5-15)23-18(21-12)16(11-20-23)13-6-8-14(19)9-7-13/h6-11,15,22H,2-5H2,1H3. The summed E-state index contributed by atoms with van der Waals surface area (Å²) in [6, 6.07) is 9.00. The van der Waals surface area contributed by atoms with Gasteiger partial charge in [0, 0.05) is 23.4 Å². The van der Waals surface area contributed by atoms with Gasteiger partial charge in [0.1, 0.15) is 11.6 Å². The second-order valence-corrected chi connectivity index (χ2v) is 6.21. The zero-order valence-corrected chi connectivity index (χ0v) is 13.1. The molecule has 4 nitrogen and oxygen atoms in total. The van der Waals surface area contributed by atoms with Gasteiger partial charge < -0.3 is 5.32 Å². The fourth-order valence-electron chi connectivity index (χ4n) is 3.30. The van der Waals surface area contributed by atoms with Crippen LogP contribution in [0.3, 0.4) is 0 Å². The zero-order chi connectivity index (χ0) is 15.8. The van der Waals surface area contributed by atoms with E-state index >= 15 is 0 Å². The minimum Gasteiger partial charge on any atom is -0.367 e. The maximum Gasteiger partial charge on any atom is 0.165 e. The Bertz CT molecular complexity index is 832. The largest absolute Gasteiger partial charge is 0.367 e. The van der Waals surface area contributed by atoms with Crippen LogP contribution in [-0.2, 0) is 0 Å². The van der Waals surface area contributed by atoms with Gasteiger partial charge in [-0.15, -0.1) is 0 Å². The molecule has 0 bridgehead atoms. The van der Waals surface area contributed by atoms with E-state index in [9.17, 15) is 4.39 Å². The van der Waals surface area contributed by atoms with Gasteiger partial charge >= 0.3 is 0 Å². The van der Waals surface area contributed by atoms with Crippen LogP contribution in [-0.4, -0.2) is 20.6 Å². The molecule has 1 fully saturated rings. The molecule has 0 atom stereocenters. The van der Waals surface area contributed by atoms with Gasteiger partial charge in [-0.2, -0.15) is 9.61 Å². The van der Waals surface area contributed by atoms with Crippen molar-refractivity contribution in [2.75, 3.05) is 5.32 Å². The molecule has 1 aromatic carbocycles. The molecule has 118 valence electrons. The van der Waals surface area contributed by atoms with Crippen LogP contribution in [0.2, 0.25) is 0 Å². The summed E-state index contributed by atoms with van der Waals surface area (Å²) in [5.41, 5.74) is 3.59.